The topological polar surface area (TPSA) is 74.2 Å². The van der Waals surface area contributed by atoms with Gasteiger partial charge in [0.1, 0.15) is 12.4 Å². The largest absolute Gasteiger partial charge is 0.490 e. The zero-order valence-electron chi connectivity index (χ0n) is 13.4. The average Bonchev–Trinajstić information content (AvgIpc) is 2.43. The molecule has 0 radical (unpaired) electrons. The maximum Gasteiger partial charge on any atom is 0.419 e. The maximum absolute atomic E-state index is 13.3. The van der Waals surface area contributed by atoms with E-state index in [9.17, 15) is 23.1 Å². The van der Waals surface area contributed by atoms with Gasteiger partial charge in [0.05, 0.1) is 17.7 Å². The number of ether oxygens (including phenoxy) is 1. The van der Waals surface area contributed by atoms with Crippen LogP contribution >= 0.6 is 0 Å². The van der Waals surface area contributed by atoms with E-state index >= 15 is 0 Å². The Morgan fingerprint density at radius 3 is 2.58 bits per heavy atom. The third-order valence-corrected chi connectivity index (χ3v) is 3.15. The first-order chi connectivity index (χ1) is 11.0. The summed E-state index contributed by atoms with van der Waals surface area (Å²) in [6.07, 6.45) is -4.64. The fourth-order valence-electron chi connectivity index (χ4n) is 2.08. The molecular formula is C15H18F3N3O3. The Labute approximate surface area is 136 Å². The normalized spacial score (nSPS) is 15.9. The summed E-state index contributed by atoms with van der Waals surface area (Å²) in [5.74, 6) is -0.506. The smallest absolute Gasteiger partial charge is 0.419 e. The van der Waals surface area contributed by atoms with Crippen LogP contribution in [0.1, 0.15) is 25.0 Å². The first kappa shape index (κ1) is 18.1. The highest BCUT2D eigenvalue weighted by Crippen LogP contribution is 2.37. The summed E-state index contributed by atoms with van der Waals surface area (Å²) >= 11 is 0. The molecule has 0 spiro atoms. The van der Waals surface area contributed by atoms with Crippen molar-refractivity contribution in [1.29, 1.82) is 0 Å². The van der Waals surface area contributed by atoms with Gasteiger partial charge in [-0.15, -0.1) is 0 Å². The van der Waals surface area contributed by atoms with E-state index in [-0.39, 0.29) is 36.2 Å². The van der Waals surface area contributed by atoms with E-state index in [0.29, 0.717) is 0 Å². The number of carbonyl (C=O) groups excluding carboxylic acids is 1. The number of alkyl halides is 3. The highest BCUT2D eigenvalue weighted by atomic mass is 19.4. The van der Waals surface area contributed by atoms with E-state index in [4.69, 9.17) is 4.74 Å². The third-order valence-electron chi connectivity index (χ3n) is 3.15. The Balaban J connectivity index is 2.38. The molecule has 24 heavy (non-hydrogen) atoms. The van der Waals surface area contributed by atoms with Gasteiger partial charge < -0.3 is 14.7 Å². The standard InChI is InChI=1S/C15H18F3N3O3/c1-14(2,23)8-24-11-5-4-9(6-10(11)15(16,17)18)13-20-19-12(22)7-21(13)3/h4-6,23H,7-8H2,1-3H3,(H,19,22). The van der Waals surface area contributed by atoms with E-state index in [0.717, 1.165) is 6.07 Å². The minimum Gasteiger partial charge on any atom is -0.490 e. The lowest BCUT2D eigenvalue weighted by molar-refractivity contribution is -0.139. The second-order valence-corrected chi connectivity index (χ2v) is 6.14. The van der Waals surface area contributed by atoms with Gasteiger partial charge in [0, 0.05) is 12.6 Å². The van der Waals surface area contributed by atoms with E-state index in [1.807, 2.05) is 0 Å². The molecule has 1 heterocycles. The van der Waals surface area contributed by atoms with Crippen molar-refractivity contribution in [2.75, 3.05) is 20.2 Å². The van der Waals surface area contributed by atoms with Gasteiger partial charge in [0.2, 0.25) is 0 Å². The van der Waals surface area contributed by atoms with E-state index < -0.39 is 17.3 Å². The monoisotopic (exact) mass is 345 g/mol. The first-order valence-corrected chi connectivity index (χ1v) is 7.12. The molecule has 1 amide bonds. The number of amides is 1. The Morgan fingerprint density at radius 1 is 1.38 bits per heavy atom. The van der Waals surface area contributed by atoms with Crippen molar-refractivity contribution in [3.63, 3.8) is 0 Å². The van der Waals surface area contributed by atoms with Crippen molar-refractivity contribution < 1.29 is 27.8 Å². The number of hydrazone groups is 1. The molecule has 1 aromatic carbocycles. The lowest BCUT2D eigenvalue weighted by Gasteiger charge is -2.25. The lowest BCUT2D eigenvalue weighted by atomic mass is 10.1. The molecule has 1 aliphatic rings. The SMILES string of the molecule is CN1CC(=O)NN=C1c1ccc(OCC(C)(C)O)c(C(F)(F)F)c1. The summed E-state index contributed by atoms with van der Waals surface area (Å²) in [7, 11) is 1.56. The second kappa shape index (κ2) is 6.31. The van der Waals surface area contributed by atoms with Gasteiger partial charge in [0.15, 0.2) is 5.84 Å². The van der Waals surface area contributed by atoms with Crippen molar-refractivity contribution in [1.82, 2.24) is 10.3 Å². The molecule has 1 aromatic rings. The highest BCUT2D eigenvalue weighted by Gasteiger charge is 2.36. The number of carbonyl (C=O) groups is 1. The Morgan fingerprint density at radius 2 is 2.04 bits per heavy atom. The Kier molecular flexibility index (Phi) is 4.75. The zero-order chi connectivity index (χ0) is 18.1. The van der Waals surface area contributed by atoms with Gasteiger partial charge in [-0.05, 0) is 32.0 Å². The fraction of sp³-hybridized carbons (Fsp3) is 0.467. The summed E-state index contributed by atoms with van der Waals surface area (Å²) < 4.78 is 45.0. The number of hydrogen-bond donors (Lipinski definition) is 2. The molecule has 0 bridgehead atoms. The molecule has 0 fully saturated rings. The molecule has 9 heteroatoms. The van der Waals surface area contributed by atoms with Crippen LogP contribution < -0.4 is 10.2 Å². The number of nitrogens with one attached hydrogen (secondary N) is 1. The first-order valence-electron chi connectivity index (χ1n) is 7.12. The third kappa shape index (κ3) is 4.38. The number of benzene rings is 1. The minimum atomic E-state index is -4.64. The van der Waals surface area contributed by atoms with Crippen LogP contribution in [0.4, 0.5) is 13.2 Å². The average molecular weight is 345 g/mol. The molecule has 0 saturated carbocycles. The number of aliphatic hydroxyl groups is 1. The van der Waals surface area contributed by atoms with Gasteiger partial charge in [-0.3, -0.25) is 4.79 Å². The predicted octanol–water partition coefficient (Wildman–Crippen LogP) is 1.58. The van der Waals surface area contributed by atoms with Crippen LogP contribution in [0.15, 0.2) is 23.3 Å². The highest BCUT2D eigenvalue weighted by molar-refractivity contribution is 6.02. The molecule has 2 rings (SSSR count). The van der Waals surface area contributed by atoms with Crippen molar-refractivity contribution >= 4 is 11.7 Å². The maximum atomic E-state index is 13.3. The van der Waals surface area contributed by atoms with Gasteiger partial charge in [-0.1, -0.05) is 0 Å². The number of hydrogen-bond acceptors (Lipinski definition) is 5. The van der Waals surface area contributed by atoms with Gasteiger partial charge in [0.25, 0.3) is 5.91 Å². The zero-order valence-corrected chi connectivity index (χ0v) is 13.4. The van der Waals surface area contributed by atoms with Crippen LogP contribution in [0, 0.1) is 0 Å². The molecule has 132 valence electrons. The van der Waals surface area contributed by atoms with Crippen molar-refractivity contribution in [2.24, 2.45) is 5.10 Å². The van der Waals surface area contributed by atoms with Crippen LogP contribution in [0.25, 0.3) is 0 Å². The fourth-order valence-corrected chi connectivity index (χ4v) is 2.08. The van der Waals surface area contributed by atoms with Crippen molar-refractivity contribution in [3.8, 4) is 5.75 Å². The van der Waals surface area contributed by atoms with Crippen LogP contribution in [-0.2, 0) is 11.0 Å². The van der Waals surface area contributed by atoms with Gasteiger partial charge in [-0.2, -0.15) is 18.3 Å². The summed E-state index contributed by atoms with van der Waals surface area (Å²) in [5, 5.41) is 13.4. The lowest BCUT2D eigenvalue weighted by Crippen LogP contribution is -2.43. The second-order valence-electron chi connectivity index (χ2n) is 6.14. The van der Waals surface area contributed by atoms with Gasteiger partial charge >= 0.3 is 6.18 Å². The van der Waals surface area contributed by atoms with Crippen LogP contribution in [0.2, 0.25) is 0 Å². The number of rotatable bonds is 4. The Hall–Kier alpha value is -2.29. The molecule has 2 N–H and O–H groups in total. The summed E-state index contributed by atoms with van der Waals surface area (Å²) in [6.45, 7) is 2.58. The van der Waals surface area contributed by atoms with E-state index in [1.54, 1.807) is 7.05 Å². The summed E-state index contributed by atoms with van der Waals surface area (Å²) in [5.41, 5.74) is 0.196. The molecule has 0 atom stereocenters. The number of nitrogens with zero attached hydrogens (tertiary/aromatic N) is 2. The quantitative estimate of drug-likeness (QED) is 0.869. The predicted molar refractivity (Wildman–Crippen MR) is 80.5 cm³/mol. The molecule has 0 saturated heterocycles. The van der Waals surface area contributed by atoms with Crippen LogP contribution in [0.5, 0.6) is 5.75 Å². The van der Waals surface area contributed by atoms with Crippen LogP contribution in [-0.4, -0.2) is 47.5 Å². The number of likely N-dealkylation sites (N-methyl/N-ethyl adjacent to an activating group) is 1. The van der Waals surface area contributed by atoms with E-state index in [2.05, 4.69) is 10.5 Å². The van der Waals surface area contributed by atoms with Crippen molar-refractivity contribution in [2.45, 2.75) is 25.6 Å². The molecular weight excluding hydrogens is 327 g/mol. The molecule has 0 aliphatic carbocycles. The molecule has 0 unspecified atom stereocenters. The summed E-state index contributed by atoms with van der Waals surface area (Å²) in [4.78, 5) is 12.7. The van der Waals surface area contributed by atoms with Gasteiger partial charge in [-0.25, -0.2) is 5.43 Å². The van der Waals surface area contributed by atoms with Crippen LogP contribution in [0.3, 0.4) is 0 Å². The Bertz CT molecular complexity index is 666. The number of amidine groups is 1. The molecule has 1 aliphatic heterocycles. The summed E-state index contributed by atoms with van der Waals surface area (Å²) in [6, 6.07) is 3.50. The van der Waals surface area contributed by atoms with Crippen molar-refractivity contribution in [3.05, 3.63) is 29.3 Å². The molecule has 0 aromatic heterocycles. The minimum absolute atomic E-state index is 0.00284. The van der Waals surface area contributed by atoms with E-state index in [1.165, 1.54) is 30.9 Å². The molecule has 6 nitrogen and oxygen atoms in total. The number of halogens is 3.